The molecule has 3 aromatic heterocycles. The topological polar surface area (TPSA) is 43.6 Å². The van der Waals surface area contributed by atoms with Crippen LogP contribution in [0.1, 0.15) is 23.8 Å². The fourth-order valence-corrected chi connectivity index (χ4v) is 4.43. The van der Waals surface area contributed by atoms with Gasteiger partial charge in [0, 0.05) is 10.9 Å². The molecule has 6 heteroatoms. The van der Waals surface area contributed by atoms with Gasteiger partial charge in [-0.05, 0) is 42.1 Å². The molecule has 0 aliphatic carbocycles. The molecule has 0 fully saturated rings. The first kappa shape index (κ1) is 16.1. The summed E-state index contributed by atoms with van der Waals surface area (Å²) >= 11 is 3.20. The lowest BCUT2D eigenvalue weighted by Gasteiger charge is -2.05. The van der Waals surface area contributed by atoms with Crippen molar-refractivity contribution in [3.8, 4) is 27.6 Å². The van der Waals surface area contributed by atoms with Crippen LogP contribution in [0, 0.1) is 0 Å². The summed E-state index contributed by atoms with van der Waals surface area (Å²) in [6.45, 7) is 2.77. The van der Waals surface area contributed by atoms with E-state index in [1.165, 1.54) is 0 Å². The Labute approximate surface area is 153 Å². The van der Waals surface area contributed by atoms with E-state index in [0.717, 1.165) is 39.6 Å². The highest BCUT2D eigenvalue weighted by Gasteiger charge is 2.18. The Morgan fingerprint density at radius 2 is 2.04 bits per heavy atom. The molecule has 0 aliphatic rings. The maximum atomic E-state index is 11.8. The minimum Gasteiger partial charge on any atom is -0.494 e. The largest absolute Gasteiger partial charge is 0.494 e. The molecule has 1 aromatic carbocycles. The molecule has 0 amide bonds. The Bertz CT molecular complexity index is 998. The van der Waals surface area contributed by atoms with E-state index in [0.29, 0.717) is 18.0 Å². The van der Waals surface area contributed by atoms with Crippen LogP contribution in [0.25, 0.3) is 26.8 Å². The van der Waals surface area contributed by atoms with Crippen LogP contribution in [0.15, 0.2) is 47.2 Å². The van der Waals surface area contributed by atoms with Gasteiger partial charge in [-0.3, -0.25) is 9.20 Å². The summed E-state index contributed by atoms with van der Waals surface area (Å²) in [5.41, 5.74) is 3.22. The van der Waals surface area contributed by atoms with Gasteiger partial charge in [-0.25, -0.2) is 4.98 Å². The van der Waals surface area contributed by atoms with E-state index in [1.54, 1.807) is 22.7 Å². The van der Waals surface area contributed by atoms with E-state index in [4.69, 9.17) is 9.72 Å². The summed E-state index contributed by atoms with van der Waals surface area (Å²) in [7, 11) is 0. The first-order valence-corrected chi connectivity index (χ1v) is 9.80. The van der Waals surface area contributed by atoms with E-state index in [9.17, 15) is 4.79 Å². The lowest BCUT2D eigenvalue weighted by atomic mass is 10.1. The van der Waals surface area contributed by atoms with Gasteiger partial charge < -0.3 is 4.74 Å². The summed E-state index contributed by atoms with van der Waals surface area (Å²) in [6, 6.07) is 11.8. The molecule has 0 spiro atoms. The fourth-order valence-electron chi connectivity index (χ4n) is 2.73. The molecule has 0 N–H and O–H groups in total. The number of imidazole rings is 1. The van der Waals surface area contributed by atoms with E-state index in [-0.39, 0.29) is 0 Å². The highest BCUT2D eigenvalue weighted by molar-refractivity contribution is 7.17. The van der Waals surface area contributed by atoms with Crippen molar-refractivity contribution in [2.24, 2.45) is 0 Å². The van der Waals surface area contributed by atoms with Crippen molar-refractivity contribution in [3.05, 3.63) is 52.9 Å². The number of carbonyl (C=O) groups is 1. The Morgan fingerprint density at radius 1 is 1.20 bits per heavy atom. The number of fused-ring (bicyclic) bond motifs is 1. The molecular formula is C19H16N2O2S2. The molecule has 0 unspecified atom stereocenters. The smallest absolute Gasteiger partial charge is 0.195 e. The zero-order valence-corrected chi connectivity index (χ0v) is 15.3. The second-order valence-electron chi connectivity index (χ2n) is 5.55. The van der Waals surface area contributed by atoms with Crippen LogP contribution < -0.4 is 4.74 Å². The van der Waals surface area contributed by atoms with Gasteiger partial charge in [-0.1, -0.05) is 13.0 Å². The van der Waals surface area contributed by atoms with Gasteiger partial charge in [0.15, 0.2) is 11.2 Å². The molecule has 0 saturated heterocycles. The number of ether oxygens (including phenoxy) is 1. The monoisotopic (exact) mass is 368 g/mol. The normalized spacial score (nSPS) is 11.1. The number of benzene rings is 1. The fraction of sp³-hybridized carbons (Fsp3) is 0.158. The Morgan fingerprint density at radius 3 is 2.72 bits per heavy atom. The van der Waals surface area contributed by atoms with Crippen molar-refractivity contribution in [2.45, 2.75) is 13.3 Å². The zero-order valence-electron chi connectivity index (χ0n) is 13.6. The molecule has 3 heterocycles. The minimum absolute atomic E-state index is 0.585. The molecule has 4 rings (SSSR count). The van der Waals surface area contributed by atoms with Gasteiger partial charge in [0.2, 0.25) is 0 Å². The summed E-state index contributed by atoms with van der Waals surface area (Å²) in [5, 5.41) is 4.08. The van der Waals surface area contributed by atoms with E-state index in [1.807, 2.05) is 45.5 Å². The molecule has 4 aromatic rings. The number of carbonyl (C=O) groups excluding carboxylic acids is 1. The van der Waals surface area contributed by atoms with Crippen molar-refractivity contribution in [2.75, 3.05) is 6.61 Å². The molecular weight excluding hydrogens is 352 g/mol. The molecule has 0 aliphatic heterocycles. The predicted molar refractivity (Wildman–Crippen MR) is 103 cm³/mol. The lowest BCUT2D eigenvalue weighted by Crippen LogP contribution is -1.95. The Balaban J connectivity index is 1.79. The van der Waals surface area contributed by atoms with Gasteiger partial charge in [0.25, 0.3) is 0 Å². The van der Waals surface area contributed by atoms with E-state index in [2.05, 4.69) is 13.0 Å². The maximum Gasteiger partial charge on any atom is 0.195 e. The number of aldehydes is 1. The van der Waals surface area contributed by atoms with Gasteiger partial charge >= 0.3 is 0 Å². The number of rotatable bonds is 6. The molecule has 25 heavy (non-hydrogen) atoms. The summed E-state index contributed by atoms with van der Waals surface area (Å²) in [6.07, 6.45) is 1.86. The van der Waals surface area contributed by atoms with E-state index < -0.39 is 0 Å². The molecule has 0 radical (unpaired) electrons. The quantitative estimate of drug-likeness (QED) is 0.428. The number of hydrogen-bond acceptors (Lipinski definition) is 5. The predicted octanol–water partition coefficient (Wildman–Crippen LogP) is 5.39. The van der Waals surface area contributed by atoms with Gasteiger partial charge in [0.1, 0.15) is 17.1 Å². The van der Waals surface area contributed by atoms with Crippen LogP contribution >= 0.6 is 22.7 Å². The van der Waals surface area contributed by atoms with Crippen molar-refractivity contribution < 1.29 is 9.53 Å². The number of hydrogen-bond donors (Lipinski definition) is 0. The van der Waals surface area contributed by atoms with Crippen molar-refractivity contribution in [1.29, 1.82) is 0 Å². The van der Waals surface area contributed by atoms with Gasteiger partial charge in [0.05, 0.1) is 17.2 Å². The van der Waals surface area contributed by atoms with Crippen LogP contribution in [0.2, 0.25) is 0 Å². The lowest BCUT2D eigenvalue weighted by molar-refractivity contribution is 0.111. The summed E-state index contributed by atoms with van der Waals surface area (Å²) < 4.78 is 7.57. The third-order valence-electron chi connectivity index (χ3n) is 3.88. The van der Waals surface area contributed by atoms with Crippen LogP contribution in [0.5, 0.6) is 5.75 Å². The minimum atomic E-state index is 0.585. The van der Waals surface area contributed by atoms with Crippen LogP contribution in [0.4, 0.5) is 0 Å². The SMILES string of the molecule is CCCOc1ccc(-c2nc3scc(-c4cccs4)n3c2C=O)cc1. The number of nitrogens with zero attached hydrogens (tertiary/aromatic N) is 2. The molecule has 126 valence electrons. The van der Waals surface area contributed by atoms with Gasteiger partial charge in [-0.15, -0.1) is 22.7 Å². The molecule has 0 atom stereocenters. The second kappa shape index (κ2) is 6.82. The number of thiazole rings is 1. The summed E-state index contributed by atoms with van der Waals surface area (Å²) in [4.78, 5) is 18.5. The maximum absolute atomic E-state index is 11.8. The molecule has 0 saturated carbocycles. The third kappa shape index (κ3) is 2.88. The standard InChI is InChI=1S/C19H16N2O2S2/c1-2-9-23-14-7-5-13(6-8-14)18-15(11-22)21-16(12-25-19(21)20-18)17-4-3-10-24-17/h3-8,10-12H,2,9H2,1H3. The van der Waals surface area contributed by atoms with Crippen LogP contribution in [-0.2, 0) is 0 Å². The molecule has 0 bridgehead atoms. The van der Waals surface area contributed by atoms with Crippen molar-refractivity contribution in [1.82, 2.24) is 9.38 Å². The first-order chi connectivity index (χ1) is 12.3. The highest BCUT2D eigenvalue weighted by Crippen LogP contribution is 2.34. The highest BCUT2D eigenvalue weighted by atomic mass is 32.1. The Hall–Kier alpha value is -2.44. The average molecular weight is 368 g/mol. The number of aromatic nitrogens is 2. The number of thiophene rings is 1. The van der Waals surface area contributed by atoms with Crippen LogP contribution in [-0.4, -0.2) is 22.3 Å². The third-order valence-corrected chi connectivity index (χ3v) is 5.60. The zero-order chi connectivity index (χ0) is 17.2. The van der Waals surface area contributed by atoms with Gasteiger partial charge in [-0.2, -0.15) is 0 Å². The van der Waals surface area contributed by atoms with E-state index >= 15 is 0 Å². The first-order valence-electron chi connectivity index (χ1n) is 8.04. The second-order valence-corrected chi connectivity index (χ2v) is 7.34. The van der Waals surface area contributed by atoms with Crippen molar-refractivity contribution in [3.63, 3.8) is 0 Å². The van der Waals surface area contributed by atoms with Crippen molar-refractivity contribution >= 4 is 33.9 Å². The Kier molecular flexibility index (Phi) is 4.38. The summed E-state index contributed by atoms with van der Waals surface area (Å²) in [5.74, 6) is 0.832. The molecule has 4 nitrogen and oxygen atoms in total. The average Bonchev–Trinajstić information content (AvgIpc) is 3.36. The van der Waals surface area contributed by atoms with Crippen LogP contribution in [0.3, 0.4) is 0 Å².